The summed E-state index contributed by atoms with van der Waals surface area (Å²) in [5.41, 5.74) is 3.14. The molecule has 0 aromatic heterocycles. The molecule has 2 unspecified atom stereocenters. The van der Waals surface area contributed by atoms with Crippen LogP contribution in [0.2, 0.25) is 0 Å². The molecular weight excluding hydrogens is 257 g/mol. The minimum absolute atomic E-state index is 0.0857. The molecule has 2 atom stereocenters. The van der Waals surface area contributed by atoms with E-state index in [-0.39, 0.29) is 23.1 Å². The van der Waals surface area contributed by atoms with Crippen LogP contribution in [0.1, 0.15) is 31.9 Å². The highest BCUT2D eigenvalue weighted by Gasteiger charge is 2.51. The topological polar surface area (TPSA) is 47.3 Å². The van der Waals surface area contributed by atoms with E-state index in [9.17, 15) is 13.2 Å². The van der Waals surface area contributed by atoms with E-state index in [4.69, 9.17) is 5.84 Å². The number of nitrogens with one attached hydrogen (secondary N) is 1. The van der Waals surface area contributed by atoms with Crippen LogP contribution < -0.4 is 16.0 Å². The summed E-state index contributed by atoms with van der Waals surface area (Å²) >= 11 is 0. The highest BCUT2D eigenvalue weighted by molar-refractivity contribution is 5.37. The third-order valence-electron chi connectivity index (χ3n) is 3.65. The minimum Gasteiger partial charge on any atom is -0.405 e. The van der Waals surface area contributed by atoms with Gasteiger partial charge < -0.3 is 4.74 Å². The van der Waals surface area contributed by atoms with Crippen molar-refractivity contribution in [3.63, 3.8) is 0 Å². The molecule has 0 saturated heterocycles. The Kier molecular flexibility index (Phi) is 3.49. The predicted molar refractivity (Wildman–Crippen MR) is 65.1 cm³/mol. The number of hydrogen-bond donors (Lipinski definition) is 2. The average Bonchev–Trinajstić information content (AvgIpc) is 2.89. The van der Waals surface area contributed by atoms with Gasteiger partial charge in [0.15, 0.2) is 0 Å². The molecule has 1 fully saturated rings. The fourth-order valence-electron chi connectivity index (χ4n) is 2.45. The molecule has 106 valence electrons. The summed E-state index contributed by atoms with van der Waals surface area (Å²) in [5.74, 6) is 5.52. The Morgan fingerprint density at radius 2 is 1.95 bits per heavy atom. The molecule has 0 heterocycles. The number of nitrogens with two attached hydrogens (primary N) is 1. The van der Waals surface area contributed by atoms with Crippen LogP contribution >= 0.6 is 0 Å². The zero-order chi connectivity index (χ0) is 14.3. The Morgan fingerprint density at radius 3 is 2.42 bits per heavy atom. The third kappa shape index (κ3) is 3.19. The second kappa shape index (κ2) is 4.68. The molecule has 0 spiro atoms. The quantitative estimate of drug-likeness (QED) is 0.655. The first kappa shape index (κ1) is 14.1. The molecule has 1 aliphatic rings. The first-order chi connectivity index (χ1) is 8.74. The highest BCUT2D eigenvalue weighted by atomic mass is 19.4. The van der Waals surface area contributed by atoms with Gasteiger partial charge in [0.2, 0.25) is 0 Å². The lowest BCUT2D eigenvalue weighted by Gasteiger charge is -2.21. The van der Waals surface area contributed by atoms with Crippen LogP contribution in [0.25, 0.3) is 0 Å². The van der Waals surface area contributed by atoms with Gasteiger partial charge in [-0.25, -0.2) is 0 Å². The van der Waals surface area contributed by atoms with E-state index >= 15 is 0 Å². The van der Waals surface area contributed by atoms with Gasteiger partial charge in [0, 0.05) is 5.56 Å². The van der Waals surface area contributed by atoms with E-state index in [1.54, 1.807) is 12.1 Å². The maximum Gasteiger partial charge on any atom is 0.573 e. The Balaban J connectivity index is 2.28. The number of hydrogen-bond acceptors (Lipinski definition) is 3. The Labute approximate surface area is 109 Å². The van der Waals surface area contributed by atoms with Crippen molar-refractivity contribution in [2.75, 3.05) is 0 Å². The third-order valence-corrected chi connectivity index (χ3v) is 3.65. The number of benzene rings is 1. The molecule has 0 amide bonds. The molecule has 3 N–H and O–H groups in total. The highest BCUT2D eigenvalue weighted by Crippen LogP contribution is 2.58. The van der Waals surface area contributed by atoms with E-state index < -0.39 is 6.36 Å². The average molecular weight is 274 g/mol. The van der Waals surface area contributed by atoms with Crippen molar-refractivity contribution < 1.29 is 17.9 Å². The van der Waals surface area contributed by atoms with Crippen molar-refractivity contribution >= 4 is 0 Å². The Hall–Kier alpha value is -1.27. The molecule has 3 nitrogen and oxygen atoms in total. The molecule has 0 radical (unpaired) electrons. The second-order valence-electron chi connectivity index (χ2n) is 5.53. The van der Waals surface area contributed by atoms with Gasteiger partial charge in [-0.1, -0.05) is 32.0 Å². The number of halogens is 3. The van der Waals surface area contributed by atoms with Gasteiger partial charge in [0.05, 0.1) is 6.04 Å². The van der Waals surface area contributed by atoms with Gasteiger partial charge in [0.1, 0.15) is 5.75 Å². The van der Waals surface area contributed by atoms with Crippen molar-refractivity contribution in [3.05, 3.63) is 29.8 Å². The zero-order valence-corrected chi connectivity index (χ0v) is 10.8. The summed E-state index contributed by atoms with van der Waals surface area (Å²) in [6.07, 6.45) is -3.78. The molecule has 0 aliphatic heterocycles. The number of rotatable bonds is 4. The smallest absolute Gasteiger partial charge is 0.405 e. The van der Waals surface area contributed by atoms with E-state index in [0.29, 0.717) is 5.56 Å². The molecule has 2 rings (SSSR count). The lowest BCUT2D eigenvalue weighted by Crippen LogP contribution is -2.31. The number of hydrazine groups is 1. The van der Waals surface area contributed by atoms with Crippen LogP contribution in [0, 0.1) is 11.3 Å². The summed E-state index contributed by atoms with van der Waals surface area (Å²) in [6, 6.07) is 5.77. The van der Waals surface area contributed by atoms with Gasteiger partial charge in [-0.2, -0.15) is 0 Å². The molecule has 1 aromatic rings. The standard InChI is InChI=1S/C13H17F3N2O/c1-12(2)7-9(12)11(18-17)8-5-3-4-6-10(8)19-13(14,15)16/h3-6,9,11,18H,7,17H2,1-2H3. The normalized spacial score (nSPS) is 22.9. The summed E-state index contributed by atoms with van der Waals surface area (Å²) < 4.78 is 41.2. The lowest BCUT2D eigenvalue weighted by atomic mass is 9.97. The summed E-state index contributed by atoms with van der Waals surface area (Å²) in [6.45, 7) is 4.13. The van der Waals surface area contributed by atoms with E-state index in [2.05, 4.69) is 24.0 Å². The largest absolute Gasteiger partial charge is 0.573 e. The molecule has 1 saturated carbocycles. The Bertz CT molecular complexity index is 459. The maximum absolute atomic E-state index is 12.4. The van der Waals surface area contributed by atoms with Crippen molar-refractivity contribution in [2.45, 2.75) is 32.7 Å². The van der Waals surface area contributed by atoms with Crippen molar-refractivity contribution in [1.29, 1.82) is 0 Å². The lowest BCUT2D eigenvalue weighted by molar-refractivity contribution is -0.275. The maximum atomic E-state index is 12.4. The zero-order valence-electron chi connectivity index (χ0n) is 10.8. The van der Waals surface area contributed by atoms with Crippen LogP contribution in [-0.2, 0) is 0 Å². The molecular formula is C13H17F3N2O. The van der Waals surface area contributed by atoms with E-state index in [0.717, 1.165) is 6.42 Å². The first-order valence-corrected chi connectivity index (χ1v) is 6.05. The van der Waals surface area contributed by atoms with Gasteiger partial charge >= 0.3 is 6.36 Å². The van der Waals surface area contributed by atoms with Crippen LogP contribution in [0.3, 0.4) is 0 Å². The van der Waals surface area contributed by atoms with Crippen LogP contribution in [0.15, 0.2) is 24.3 Å². The summed E-state index contributed by atoms with van der Waals surface area (Å²) in [7, 11) is 0. The number of alkyl halides is 3. The second-order valence-corrected chi connectivity index (χ2v) is 5.53. The van der Waals surface area contributed by atoms with Gasteiger partial charge in [-0.15, -0.1) is 13.2 Å². The first-order valence-electron chi connectivity index (χ1n) is 6.05. The number of ether oxygens (including phenoxy) is 1. The fraction of sp³-hybridized carbons (Fsp3) is 0.538. The molecule has 1 aliphatic carbocycles. The molecule has 0 bridgehead atoms. The van der Waals surface area contributed by atoms with E-state index in [1.807, 2.05) is 0 Å². The van der Waals surface area contributed by atoms with Crippen LogP contribution in [0.4, 0.5) is 13.2 Å². The van der Waals surface area contributed by atoms with Gasteiger partial charge in [-0.05, 0) is 23.8 Å². The van der Waals surface area contributed by atoms with Crippen molar-refractivity contribution in [2.24, 2.45) is 17.2 Å². The fourth-order valence-corrected chi connectivity index (χ4v) is 2.45. The number of para-hydroxylation sites is 1. The van der Waals surface area contributed by atoms with Crippen LogP contribution in [0.5, 0.6) is 5.75 Å². The molecule has 6 heteroatoms. The monoisotopic (exact) mass is 274 g/mol. The summed E-state index contributed by atoms with van der Waals surface area (Å²) in [4.78, 5) is 0. The SMILES string of the molecule is CC1(C)CC1C(NN)c1ccccc1OC(F)(F)F. The van der Waals surface area contributed by atoms with E-state index in [1.165, 1.54) is 12.1 Å². The van der Waals surface area contributed by atoms with Gasteiger partial charge in [-0.3, -0.25) is 11.3 Å². The molecule has 19 heavy (non-hydrogen) atoms. The minimum atomic E-state index is -4.70. The Morgan fingerprint density at radius 1 is 1.37 bits per heavy atom. The van der Waals surface area contributed by atoms with Crippen LogP contribution in [-0.4, -0.2) is 6.36 Å². The van der Waals surface area contributed by atoms with Crippen molar-refractivity contribution in [1.82, 2.24) is 5.43 Å². The van der Waals surface area contributed by atoms with Gasteiger partial charge in [0.25, 0.3) is 0 Å². The van der Waals surface area contributed by atoms with Crippen molar-refractivity contribution in [3.8, 4) is 5.75 Å². The predicted octanol–water partition coefficient (Wildman–Crippen LogP) is 3.14. The summed E-state index contributed by atoms with van der Waals surface area (Å²) in [5, 5.41) is 0. The molecule has 1 aromatic carbocycles.